The molecule has 1 rings (SSSR count). The number of rotatable bonds is 5. The van der Waals surface area contributed by atoms with Crippen molar-refractivity contribution in [2.24, 2.45) is 0 Å². The van der Waals surface area contributed by atoms with Crippen LogP contribution in [0.15, 0.2) is 12.7 Å². The van der Waals surface area contributed by atoms with E-state index in [0.29, 0.717) is 6.54 Å². The number of hydrogen-bond donors (Lipinski definition) is 1. The minimum Gasteiger partial charge on any atom is -0.338 e. The van der Waals surface area contributed by atoms with Crippen LogP contribution in [0.25, 0.3) is 0 Å². The summed E-state index contributed by atoms with van der Waals surface area (Å²) < 4.78 is 0. The van der Waals surface area contributed by atoms with Crippen molar-refractivity contribution in [1.29, 1.82) is 0 Å². The van der Waals surface area contributed by atoms with Crippen molar-refractivity contribution >= 4 is 5.91 Å². The van der Waals surface area contributed by atoms with Crippen molar-refractivity contribution in [2.75, 3.05) is 19.6 Å². The summed E-state index contributed by atoms with van der Waals surface area (Å²) in [5.41, 5.74) is 0. The van der Waals surface area contributed by atoms with Crippen LogP contribution in [0.4, 0.5) is 0 Å². The van der Waals surface area contributed by atoms with Gasteiger partial charge in [-0.2, -0.15) is 0 Å². The molecule has 1 aliphatic rings. The topological polar surface area (TPSA) is 32.3 Å². The zero-order chi connectivity index (χ0) is 11.1. The van der Waals surface area contributed by atoms with Gasteiger partial charge in [0.2, 0.25) is 5.91 Å². The number of carbonyl (C=O) groups is 1. The first-order valence-electron chi connectivity index (χ1n) is 5.92. The molecule has 15 heavy (non-hydrogen) atoms. The van der Waals surface area contributed by atoms with Gasteiger partial charge in [0.25, 0.3) is 0 Å². The Morgan fingerprint density at radius 2 is 2.40 bits per heavy atom. The molecule has 1 unspecified atom stereocenters. The largest absolute Gasteiger partial charge is 0.338 e. The first-order chi connectivity index (χ1) is 7.29. The van der Waals surface area contributed by atoms with E-state index in [9.17, 15) is 4.79 Å². The van der Waals surface area contributed by atoms with Crippen LogP contribution >= 0.6 is 0 Å². The number of carbonyl (C=O) groups excluding carboxylic acids is 1. The molecule has 3 nitrogen and oxygen atoms in total. The highest BCUT2D eigenvalue weighted by Crippen LogP contribution is 2.10. The van der Waals surface area contributed by atoms with Crippen molar-refractivity contribution in [3.8, 4) is 0 Å². The predicted octanol–water partition coefficient (Wildman–Crippen LogP) is 1.55. The van der Waals surface area contributed by atoms with Gasteiger partial charge in [-0.25, -0.2) is 0 Å². The number of nitrogens with zero attached hydrogens (tertiary/aromatic N) is 1. The minimum atomic E-state index is 0.0465. The molecule has 0 aromatic rings. The second-order valence-corrected chi connectivity index (χ2v) is 4.08. The third kappa shape index (κ3) is 3.67. The van der Waals surface area contributed by atoms with Gasteiger partial charge in [0.1, 0.15) is 0 Å². The second kappa shape index (κ2) is 6.62. The van der Waals surface area contributed by atoms with Crippen LogP contribution in [0.3, 0.4) is 0 Å². The first kappa shape index (κ1) is 12.2. The van der Waals surface area contributed by atoms with Crippen LogP contribution in [0.1, 0.15) is 32.6 Å². The number of nitrogens with one attached hydrogen (secondary N) is 1. The monoisotopic (exact) mass is 210 g/mol. The Morgan fingerprint density at radius 1 is 1.60 bits per heavy atom. The molecule has 0 spiro atoms. The maximum Gasteiger partial charge on any atom is 0.239 e. The fraction of sp³-hybridized carbons (Fsp3) is 0.750. The maximum atomic E-state index is 12.1. The molecule has 0 aromatic carbocycles. The average molecular weight is 210 g/mol. The van der Waals surface area contributed by atoms with Crippen LogP contribution < -0.4 is 5.32 Å². The summed E-state index contributed by atoms with van der Waals surface area (Å²) in [6.45, 7) is 8.28. The number of piperidine rings is 1. The molecular formula is C12H22N2O. The van der Waals surface area contributed by atoms with Gasteiger partial charge in [0.15, 0.2) is 0 Å². The molecule has 0 aromatic heterocycles. The van der Waals surface area contributed by atoms with E-state index in [4.69, 9.17) is 0 Å². The van der Waals surface area contributed by atoms with Gasteiger partial charge in [0, 0.05) is 13.1 Å². The molecule has 1 fully saturated rings. The van der Waals surface area contributed by atoms with Crippen LogP contribution in [0, 0.1) is 0 Å². The highest BCUT2D eigenvalue weighted by Gasteiger charge is 2.24. The molecule has 1 aliphatic heterocycles. The molecule has 0 radical (unpaired) electrons. The SMILES string of the molecule is C=CCN(CCC)C(=O)C1CCCCN1. The second-order valence-electron chi connectivity index (χ2n) is 4.08. The van der Waals surface area contributed by atoms with Gasteiger partial charge in [-0.15, -0.1) is 6.58 Å². The van der Waals surface area contributed by atoms with Gasteiger partial charge in [-0.1, -0.05) is 19.4 Å². The third-order valence-electron chi connectivity index (χ3n) is 2.76. The fourth-order valence-electron chi connectivity index (χ4n) is 2.00. The lowest BCUT2D eigenvalue weighted by Crippen LogP contribution is -2.48. The van der Waals surface area contributed by atoms with E-state index in [1.54, 1.807) is 6.08 Å². The summed E-state index contributed by atoms with van der Waals surface area (Å²) >= 11 is 0. The number of hydrogen-bond acceptors (Lipinski definition) is 2. The molecular weight excluding hydrogens is 188 g/mol. The molecule has 1 heterocycles. The van der Waals surface area contributed by atoms with Crippen LogP contribution in [-0.2, 0) is 4.79 Å². The molecule has 1 amide bonds. The lowest BCUT2D eigenvalue weighted by molar-refractivity contribution is -0.133. The average Bonchev–Trinajstić information content (AvgIpc) is 2.29. The lowest BCUT2D eigenvalue weighted by Gasteiger charge is -2.29. The third-order valence-corrected chi connectivity index (χ3v) is 2.76. The van der Waals surface area contributed by atoms with Crippen molar-refractivity contribution in [1.82, 2.24) is 10.2 Å². The van der Waals surface area contributed by atoms with E-state index in [1.165, 1.54) is 6.42 Å². The van der Waals surface area contributed by atoms with Crippen LogP contribution in [-0.4, -0.2) is 36.5 Å². The van der Waals surface area contributed by atoms with Gasteiger partial charge < -0.3 is 10.2 Å². The standard InChI is InChI=1S/C12H22N2O/c1-3-9-14(10-4-2)12(15)11-7-5-6-8-13-11/h3,11,13H,1,4-10H2,2H3. The van der Waals surface area contributed by atoms with Gasteiger partial charge in [-0.3, -0.25) is 4.79 Å². The normalized spacial score (nSPS) is 21.0. The van der Waals surface area contributed by atoms with Crippen molar-refractivity contribution in [3.63, 3.8) is 0 Å². The maximum absolute atomic E-state index is 12.1. The van der Waals surface area contributed by atoms with E-state index < -0.39 is 0 Å². The quantitative estimate of drug-likeness (QED) is 0.698. The Bertz CT molecular complexity index is 210. The summed E-state index contributed by atoms with van der Waals surface area (Å²) in [7, 11) is 0. The molecule has 3 heteroatoms. The Hall–Kier alpha value is -0.830. The van der Waals surface area contributed by atoms with Crippen LogP contribution in [0.5, 0.6) is 0 Å². The number of amides is 1. The van der Waals surface area contributed by atoms with Crippen molar-refractivity contribution < 1.29 is 4.79 Å². The summed E-state index contributed by atoms with van der Waals surface area (Å²) in [6, 6.07) is 0.0465. The van der Waals surface area contributed by atoms with E-state index in [2.05, 4.69) is 18.8 Å². The molecule has 86 valence electrons. The molecule has 0 bridgehead atoms. The highest BCUT2D eigenvalue weighted by atomic mass is 16.2. The van der Waals surface area contributed by atoms with Crippen molar-refractivity contribution in [2.45, 2.75) is 38.6 Å². The summed E-state index contributed by atoms with van der Waals surface area (Å²) in [5.74, 6) is 0.247. The molecule has 1 N–H and O–H groups in total. The first-order valence-corrected chi connectivity index (χ1v) is 5.92. The van der Waals surface area contributed by atoms with E-state index in [0.717, 1.165) is 32.4 Å². The van der Waals surface area contributed by atoms with Gasteiger partial charge in [-0.05, 0) is 25.8 Å². The molecule has 1 saturated heterocycles. The Labute approximate surface area is 92.5 Å². The highest BCUT2D eigenvalue weighted by molar-refractivity contribution is 5.82. The molecule has 0 aliphatic carbocycles. The van der Waals surface area contributed by atoms with Crippen molar-refractivity contribution in [3.05, 3.63) is 12.7 Å². The summed E-state index contributed by atoms with van der Waals surface area (Å²) in [5, 5.41) is 3.29. The summed E-state index contributed by atoms with van der Waals surface area (Å²) in [4.78, 5) is 14.0. The van der Waals surface area contributed by atoms with E-state index in [-0.39, 0.29) is 11.9 Å². The Kier molecular flexibility index (Phi) is 5.40. The Balaban J connectivity index is 2.48. The Morgan fingerprint density at radius 3 is 2.93 bits per heavy atom. The van der Waals surface area contributed by atoms with Gasteiger partial charge in [0.05, 0.1) is 6.04 Å². The lowest BCUT2D eigenvalue weighted by atomic mass is 10.0. The fourth-order valence-corrected chi connectivity index (χ4v) is 2.00. The zero-order valence-electron chi connectivity index (χ0n) is 9.67. The summed E-state index contributed by atoms with van der Waals surface area (Å²) in [6.07, 6.45) is 6.15. The zero-order valence-corrected chi connectivity index (χ0v) is 9.67. The van der Waals surface area contributed by atoms with Gasteiger partial charge >= 0.3 is 0 Å². The van der Waals surface area contributed by atoms with E-state index >= 15 is 0 Å². The smallest absolute Gasteiger partial charge is 0.239 e. The minimum absolute atomic E-state index is 0.0465. The van der Waals surface area contributed by atoms with E-state index in [1.807, 2.05) is 4.90 Å². The molecule has 1 atom stereocenters. The molecule has 0 saturated carbocycles. The van der Waals surface area contributed by atoms with Crippen LogP contribution in [0.2, 0.25) is 0 Å². The predicted molar refractivity (Wildman–Crippen MR) is 62.7 cm³/mol.